The summed E-state index contributed by atoms with van der Waals surface area (Å²) >= 11 is 6.62. The van der Waals surface area contributed by atoms with E-state index < -0.39 is 6.10 Å². The molecule has 2 aliphatic rings. The monoisotopic (exact) mass is 410 g/mol. The summed E-state index contributed by atoms with van der Waals surface area (Å²) in [6.45, 7) is 0.410. The van der Waals surface area contributed by atoms with Crippen LogP contribution in [-0.2, 0) is 11.2 Å². The van der Waals surface area contributed by atoms with Crippen molar-refractivity contribution < 1.29 is 9.84 Å². The third-order valence-electron chi connectivity index (χ3n) is 6.24. The molecular weight excluding hydrogens is 384 g/mol. The van der Waals surface area contributed by atoms with Gasteiger partial charge in [-0.2, -0.15) is 0 Å². The highest BCUT2D eigenvalue weighted by Crippen LogP contribution is 2.40. The molecule has 1 aliphatic carbocycles. The summed E-state index contributed by atoms with van der Waals surface area (Å²) < 4.78 is 8.31. The van der Waals surface area contributed by atoms with Crippen LogP contribution in [0.5, 0.6) is 0 Å². The fourth-order valence-corrected chi connectivity index (χ4v) is 4.85. The van der Waals surface area contributed by atoms with Crippen LogP contribution >= 0.6 is 11.6 Å². The highest BCUT2D eigenvalue weighted by molar-refractivity contribution is 6.35. The molecule has 1 saturated heterocycles. The summed E-state index contributed by atoms with van der Waals surface area (Å²) in [5.41, 5.74) is 10.8. The molecule has 2 aromatic carbocycles. The van der Waals surface area contributed by atoms with Gasteiger partial charge in [-0.1, -0.05) is 41.9 Å². The quantitative estimate of drug-likeness (QED) is 0.637. The topological polar surface area (TPSA) is 60.4 Å². The molecule has 0 bridgehead atoms. The van der Waals surface area contributed by atoms with Crippen LogP contribution in [0.25, 0.3) is 10.9 Å². The first-order valence-corrected chi connectivity index (χ1v) is 10.9. The fourth-order valence-electron chi connectivity index (χ4n) is 4.56. The van der Waals surface area contributed by atoms with Gasteiger partial charge in [-0.15, -0.1) is 0 Å². The highest BCUT2D eigenvalue weighted by atomic mass is 35.5. The van der Waals surface area contributed by atoms with Crippen LogP contribution in [0.2, 0.25) is 5.02 Å². The van der Waals surface area contributed by atoms with Gasteiger partial charge in [-0.3, -0.25) is 0 Å². The lowest BCUT2D eigenvalue weighted by atomic mass is 10.0. The van der Waals surface area contributed by atoms with Crippen molar-refractivity contribution in [1.29, 1.82) is 0 Å². The van der Waals surface area contributed by atoms with Gasteiger partial charge in [0, 0.05) is 31.0 Å². The Balaban J connectivity index is 1.50. The van der Waals surface area contributed by atoms with Crippen molar-refractivity contribution in [2.45, 2.75) is 56.5 Å². The summed E-state index contributed by atoms with van der Waals surface area (Å²) in [4.78, 5) is 0. The van der Waals surface area contributed by atoms with Crippen LogP contribution in [0.1, 0.15) is 54.5 Å². The number of benzene rings is 2. The van der Waals surface area contributed by atoms with E-state index in [0.29, 0.717) is 19.4 Å². The van der Waals surface area contributed by atoms with Crippen molar-refractivity contribution in [3.8, 4) is 0 Å². The molecule has 3 atom stereocenters. The van der Waals surface area contributed by atoms with Gasteiger partial charge in [0.05, 0.1) is 22.7 Å². The Kier molecular flexibility index (Phi) is 5.12. The largest absolute Gasteiger partial charge is 0.393 e. The lowest BCUT2D eigenvalue weighted by molar-refractivity contribution is -0.123. The third kappa shape index (κ3) is 3.82. The van der Waals surface area contributed by atoms with Crippen LogP contribution in [0.3, 0.4) is 0 Å². The Hall–Kier alpha value is -1.85. The molecule has 152 valence electrons. The van der Waals surface area contributed by atoms with Gasteiger partial charge in [0.1, 0.15) is 6.23 Å². The Morgan fingerprint density at radius 2 is 1.90 bits per heavy atom. The normalized spacial score (nSPS) is 24.9. The van der Waals surface area contributed by atoms with E-state index in [1.807, 2.05) is 12.1 Å². The van der Waals surface area contributed by atoms with E-state index in [0.717, 1.165) is 28.3 Å². The minimum atomic E-state index is -0.405. The maximum absolute atomic E-state index is 10.3. The molecule has 4 nitrogen and oxygen atoms in total. The molecule has 1 aliphatic heterocycles. The first kappa shape index (κ1) is 19.1. The average molecular weight is 411 g/mol. The fraction of sp³-hybridized carbons (Fsp3) is 0.417. The molecule has 2 heterocycles. The predicted octanol–water partition coefficient (Wildman–Crippen LogP) is 4.76. The number of ether oxygens (including phenoxy) is 1. The molecule has 3 unspecified atom stereocenters. The maximum atomic E-state index is 10.3. The number of fused-ring (bicyclic) bond motifs is 1. The molecule has 5 heteroatoms. The predicted molar refractivity (Wildman–Crippen MR) is 116 cm³/mol. The van der Waals surface area contributed by atoms with Gasteiger partial charge >= 0.3 is 0 Å². The molecular formula is C24H27ClN2O2. The summed E-state index contributed by atoms with van der Waals surface area (Å²) in [6.07, 6.45) is 5.97. The Morgan fingerprint density at radius 3 is 2.62 bits per heavy atom. The zero-order valence-corrected chi connectivity index (χ0v) is 17.2. The zero-order valence-electron chi connectivity index (χ0n) is 16.4. The molecule has 3 N–H and O–H groups in total. The van der Waals surface area contributed by atoms with Crippen LogP contribution in [0.15, 0.2) is 48.7 Å². The van der Waals surface area contributed by atoms with Crippen LogP contribution in [-0.4, -0.2) is 28.4 Å². The third-order valence-corrected chi connectivity index (χ3v) is 6.56. The van der Waals surface area contributed by atoms with E-state index in [-0.39, 0.29) is 12.3 Å². The van der Waals surface area contributed by atoms with Gasteiger partial charge in [0.25, 0.3) is 0 Å². The van der Waals surface area contributed by atoms with Gasteiger partial charge in [0.15, 0.2) is 0 Å². The first-order chi connectivity index (χ1) is 14.1. The SMILES string of the molecule is NCC1CC(O)CC(n2cc(Cc3ccc(C4CC4)cc3)c3c(Cl)cccc32)O1. The number of aliphatic hydroxyl groups is 1. The number of nitrogens with zero attached hydrogens (tertiary/aromatic N) is 1. The standard InChI is InChI=1S/C24H27ClN2O2/c25-21-2-1-3-22-24(21)18(10-15-4-6-16(7-5-15)17-8-9-17)14-27(22)23-12-19(28)11-20(13-26)29-23/h1-7,14,17,19-20,23,28H,8-13,26H2. The Bertz CT molecular complexity index is 1010. The maximum Gasteiger partial charge on any atom is 0.136 e. The van der Waals surface area contributed by atoms with Crippen molar-refractivity contribution in [2.75, 3.05) is 6.54 Å². The highest BCUT2D eigenvalue weighted by Gasteiger charge is 2.30. The number of aliphatic hydroxyl groups excluding tert-OH is 1. The molecule has 0 radical (unpaired) electrons. The molecule has 3 aromatic rings. The van der Waals surface area contributed by atoms with Crippen molar-refractivity contribution in [1.82, 2.24) is 4.57 Å². The molecule has 5 rings (SSSR count). The number of aromatic nitrogens is 1. The van der Waals surface area contributed by atoms with E-state index in [2.05, 4.69) is 41.1 Å². The van der Waals surface area contributed by atoms with Crippen molar-refractivity contribution in [3.63, 3.8) is 0 Å². The molecule has 0 spiro atoms. The van der Waals surface area contributed by atoms with E-state index in [1.54, 1.807) is 0 Å². The van der Waals surface area contributed by atoms with Gasteiger partial charge < -0.3 is 20.1 Å². The molecule has 2 fully saturated rings. The summed E-state index contributed by atoms with van der Waals surface area (Å²) in [5, 5.41) is 12.1. The summed E-state index contributed by atoms with van der Waals surface area (Å²) in [6, 6.07) is 15.0. The molecule has 1 aromatic heterocycles. The number of rotatable bonds is 5. The average Bonchev–Trinajstić information content (AvgIpc) is 3.50. The minimum absolute atomic E-state index is 0.126. The van der Waals surface area contributed by atoms with E-state index in [4.69, 9.17) is 22.1 Å². The van der Waals surface area contributed by atoms with Crippen molar-refractivity contribution in [2.24, 2.45) is 5.73 Å². The summed E-state index contributed by atoms with van der Waals surface area (Å²) in [7, 11) is 0. The van der Waals surface area contributed by atoms with Crippen molar-refractivity contribution in [3.05, 3.63) is 70.4 Å². The Labute approximate surface area is 176 Å². The summed E-state index contributed by atoms with van der Waals surface area (Å²) in [5.74, 6) is 0.769. The van der Waals surface area contributed by atoms with Crippen LogP contribution in [0, 0.1) is 0 Å². The molecule has 1 saturated carbocycles. The van der Waals surface area contributed by atoms with E-state index in [9.17, 15) is 5.11 Å². The number of halogens is 1. The van der Waals surface area contributed by atoms with E-state index in [1.165, 1.54) is 29.5 Å². The van der Waals surface area contributed by atoms with Crippen LogP contribution < -0.4 is 5.73 Å². The number of hydrogen-bond donors (Lipinski definition) is 2. The smallest absolute Gasteiger partial charge is 0.136 e. The zero-order chi connectivity index (χ0) is 20.0. The van der Waals surface area contributed by atoms with Crippen molar-refractivity contribution >= 4 is 22.5 Å². The lowest BCUT2D eigenvalue weighted by Gasteiger charge is -2.33. The second-order valence-electron chi connectivity index (χ2n) is 8.46. The minimum Gasteiger partial charge on any atom is -0.393 e. The van der Waals surface area contributed by atoms with Gasteiger partial charge in [-0.25, -0.2) is 0 Å². The van der Waals surface area contributed by atoms with Gasteiger partial charge in [0.2, 0.25) is 0 Å². The van der Waals surface area contributed by atoms with E-state index >= 15 is 0 Å². The lowest BCUT2D eigenvalue weighted by Crippen LogP contribution is -2.37. The number of nitrogens with two attached hydrogens (primary N) is 1. The molecule has 0 amide bonds. The Morgan fingerprint density at radius 1 is 1.10 bits per heavy atom. The van der Waals surface area contributed by atoms with Crippen LogP contribution in [0.4, 0.5) is 0 Å². The second kappa shape index (κ2) is 7.77. The van der Waals surface area contributed by atoms with Gasteiger partial charge in [-0.05, 0) is 54.0 Å². The number of hydrogen-bond acceptors (Lipinski definition) is 3. The molecule has 29 heavy (non-hydrogen) atoms. The second-order valence-corrected chi connectivity index (χ2v) is 8.87. The first-order valence-electron chi connectivity index (χ1n) is 10.5.